The Balaban J connectivity index is 2.65. The molecule has 1 aromatic rings. The quantitative estimate of drug-likeness (QED) is 0.749. The Morgan fingerprint density at radius 2 is 2.40 bits per heavy atom. The minimum atomic E-state index is -0.137. The number of nitrogens with one attached hydrogen (secondary N) is 1. The van der Waals surface area contributed by atoms with E-state index >= 15 is 0 Å². The zero-order valence-corrected chi connectivity index (χ0v) is 9.32. The molecule has 2 N–H and O–H groups in total. The Labute approximate surface area is 89.1 Å². The van der Waals surface area contributed by atoms with Gasteiger partial charge >= 0.3 is 0 Å². The van der Waals surface area contributed by atoms with E-state index in [-0.39, 0.29) is 18.6 Å². The minimum absolute atomic E-state index is 0.0258. The predicted molar refractivity (Wildman–Crippen MR) is 56.6 cm³/mol. The maximum Gasteiger partial charge on any atom is 0.254 e. The number of carbonyl (C=O) groups is 1. The second-order valence-corrected chi connectivity index (χ2v) is 3.69. The normalized spacial score (nSPS) is 12.5. The summed E-state index contributed by atoms with van der Waals surface area (Å²) in [5.41, 5.74) is 1.30. The molecule has 5 heteroatoms. The molecule has 0 aliphatic carbocycles. The Morgan fingerprint density at radius 3 is 2.87 bits per heavy atom. The Kier molecular flexibility index (Phi) is 3.85. The third-order valence-corrected chi connectivity index (χ3v) is 2.20. The fraction of sp³-hybridized carbons (Fsp3) is 0.600. The van der Waals surface area contributed by atoms with Crippen LogP contribution in [0.4, 0.5) is 0 Å². The lowest BCUT2D eigenvalue weighted by molar-refractivity contribution is 0.0933. The summed E-state index contributed by atoms with van der Waals surface area (Å²) < 4.78 is 1.61. The Bertz CT molecular complexity index is 346. The maximum absolute atomic E-state index is 11.7. The Morgan fingerprint density at radius 1 is 1.73 bits per heavy atom. The molecule has 0 aliphatic rings. The zero-order chi connectivity index (χ0) is 11.4. The van der Waals surface area contributed by atoms with Gasteiger partial charge in [-0.15, -0.1) is 0 Å². The summed E-state index contributed by atoms with van der Waals surface area (Å²) in [6, 6.07) is -0.0258. The first-order valence-electron chi connectivity index (χ1n) is 4.96. The van der Waals surface area contributed by atoms with Gasteiger partial charge in [0.1, 0.15) is 0 Å². The van der Waals surface area contributed by atoms with Gasteiger partial charge in [0.2, 0.25) is 0 Å². The summed E-state index contributed by atoms with van der Waals surface area (Å²) >= 11 is 0. The van der Waals surface area contributed by atoms with E-state index in [4.69, 9.17) is 5.11 Å². The van der Waals surface area contributed by atoms with Crippen LogP contribution in [-0.4, -0.2) is 33.4 Å². The van der Waals surface area contributed by atoms with Crippen molar-refractivity contribution in [2.45, 2.75) is 26.3 Å². The molecule has 5 nitrogen and oxygen atoms in total. The summed E-state index contributed by atoms with van der Waals surface area (Å²) in [6.45, 7) is 3.74. The van der Waals surface area contributed by atoms with Crippen LogP contribution < -0.4 is 5.32 Å². The van der Waals surface area contributed by atoms with Crippen LogP contribution in [-0.2, 0) is 7.05 Å². The number of carbonyl (C=O) groups excluding carboxylic acids is 1. The van der Waals surface area contributed by atoms with Crippen molar-refractivity contribution >= 4 is 5.91 Å². The van der Waals surface area contributed by atoms with Gasteiger partial charge < -0.3 is 10.4 Å². The van der Waals surface area contributed by atoms with Gasteiger partial charge in [-0.3, -0.25) is 9.48 Å². The molecule has 1 amide bonds. The highest BCUT2D eigenvalue weighted by Crippen LogP contribution is 2.05. The average molecular weight is 211 g/mol. The molecule has 0 fully saturated rings. The number of aryl methyl sites for hydroxylation is 2. The van der Waals surface area contributed by atoms with Crippen molar-refractivity contribution in [1.82, 2.24) is 15.1 Å². The van der Waals surface area contributed by atoms with Gasteiger partial charge in [-0.25, -0.2) is 0 Å². The SMILES string of the molecule is Cc1nn(C)cc1C(=O)NC(C)CCO. The molecule has 0 saturated carbocycles. The van der Waals surface area contributed by atoms with Gasteiger partial charge in [-0.05, 0) is 20.3 Å². The monoisotopic (exact) mass is 211 g/mol. The summed E-state index contributed by atoms with van der Waals surface area (Å²) in [5.74, 6) is -0.137. The highest BCUT2D eigenvalue weighted by Gasteiger charge is 2.14. The van der Waals surface area contributed by atoms with E-state index in [2.05, 4.69) is 10.4 Å². The number of aliphatic hydroxyl groups excluding tert-OH is 1. The number of nitrogens with zero attached hydrogens (tertiary/aromatic N) is 2. The van der Waals surface area contributed by atoms with E-state index < -0.39 is 0 Å². The van der Waals surface area contributed by atoms with Crippen molar-refractivity contribution in [2.75, 3.05) is 6.61 Å². The molecule has 1 aromatic heterocycles. The highest BCUT2D eigenvalue weighted by atomic mass is 16.3. The average Bonchev–Trinajstić information content (AvgIpc) is 2.45. The lowest BCUT2D eigenvalue weighted by Gasteiger charge is -2.11. The number of amides is 1. The topological polar surface area (TPSA) is 67.2 Å². The number of aliphatic hydroxyl groups is 1. The molecule has 0 aliphatic heterocycles. The number of hydrogen-bond donors (Lipinski definition) is 2. The van der Waals surface area contributed by atoms with Crippen molar-refractivity contribution in [3.8, 4) is 0 Å². The fourth-order valence-electron chi connectivity index (χ4n) is 1.39. The second kappa shape index (κ2) is 4.93. The number of rotatable bonds is 4. The standard InChI is InChI=1S/C10H17N3O2/c1-7(4-5-14)11-10(15)9-6-13(3)12-8(9)2/h6-7,14H,4-5H2,1-3H3,(H,11,15). The first-order valence-corrected chi connectivity index (χ1v) is 4.96. The lowest BCUT2D eigenvalue weighted by Crippen LogP contribution is -2.33. The van der Waals surface area contributed by atoms with Crippen LogP contribution in [0.25, 0.3) is 0 Å². The maximum atomic E-state index is 11.7. The molecule has 0 bridgehead atoms. The number of hydrogen-bond acceptors (Lipinski definition) is 3. The third-order valence-electron chi connectivity index (χ3n) is 2.20. The molecule has 1 rings (SSSR count). The Hall–Kier alpha value is -1.36. The van der Waals surface area contributed by atoms with Crippen molar-refractivity contribution in [3.63, 3.8) is 0 Å². The van der Waals surface area contributed by atoms with Crippen LogP contribution in [0.15, 0.2) is 6.20 Å². The third kappa shape index (κ3) is 3.06. The fourth-order valence-corrected chi connectivity index (χ4v) is 1.39. The van der Waals surface area contributed by atoms with Crippen LogP contribution in [0.1, 0.15) is 29.4 Å². The summed E-state index contributed by atoms with van der Waals surface area (Å²) in [4.78, 5) is 11.7. The van der Waals surface area contributed by atoms with Crippen molar-refractivity contribution in [1.29, 1.82) is 0 Å². The smallest absolute Gasteiger partial charge is 0.254 e. The zero-order valence-electron chi connectivity index (χ0n) is 9.32. The van der Waals surface area contributed by atoms with Crippen LogP contribution in [0.2, 0.25) is 0 Å². The van der Waals surface area contributed by atoms with Gasteiger partial charge in [-0.1, -0.05) is 0 Å². The van der Waals surface area contributed by atoms with Gasteiger partial charge in [0, 0.05) is 25.9 Å². The van der Waals surface area contributed by atoms with E-state index in [9.17, 15) is 4.79 Å². The van der Waals surface area contributed by atoms with Gasteiger partial charge in [0.15, 0.2) is 0 Å². The molecule has 1 heterocycles. The van der Waals surface area contributed by atoms with Gasteiger partial charge in [-0.2, -0.15) is 5.10 Å². The molecule has 0 spiro atoms. The van der Waals surface area contributed by atoms with Crippen LogP contribution in [0.3, 0.4) is 0 Å². The molecule has 1 unspecified atom stereocenters. The van der Waals surface area contributed by atoms with E-state index in [1.807, 2.05) is 6.92 Å². The van der Waals surface area contributed by atoms with Gasteiger partial charge in [0.25, 0.3) is 5.91 Å². The molecule has 15 heavy (non-hydrogen) atoms. The highest BCUT2D eigenvalue weighted by molar-refractivity contribution is 5.95. The summed E-state index contributed by atoms with van der Waals surface area (Å²) in [5, 5.41) is 15.6. The summed E-state index contributed by atoms with van der Waals surface area (Å²) in [6.07, 6.45) is 2.25. The van der Waals surface area contributed by atoms with Crippen molar-refractivity contribution in [3.05, 3.63) is 17.5 Å². The van der Waals surface area contributed by atoms with Crippen LogP contribution in [0, 0.1) is 6.92 Å². The van der Waals surface area contributed by atoms with Crippen LogP contribution in [0.5, 0.6) is 0 Å². The first kappa shape index (κ1) is 11.7. The van der Waals surface area contributed by atoms with Crippen molar-refractivity contribution in [2.24, 2.45) is 7.05 Å². The molecule has 84 valence electrons. The largest absolute Gasteiger partial charge is 0.396 e. The van der Waals surface area contributed by atoms with Gasteiger partial charge in [0.05, 0.1) is 11.3 Å². The molecular formula is C10H17N3O2. The first-order chi connectivity index (χ1) is 7.04. The molecule has 0 aromatic carbocycles. The van der Waals surface area contributed by atoms with E-state index in [1.165, 1.54) is 0 Å². The predicted octanol–water partition coefficient (Wildman–Crippen LogP) is 0.229. The van der Waals surface area contributed by atoms with E-state index in [1.54, 1.807) is 24.9 Å². The number of aromatic nitrogens is 2. The van der Waals surface area contributed by atoms with E-state index in [0.29, 0.717) is 17.7 Å². The summed E-state index contributed by atoms with van der Waals surface area (Å²) in [7, 11) is 1.78. The van der Waals surface area contributed by atoms with E-state index in [0.717, 1.165) is 0 Å². The molecular weight excluding hydrogens is 194 g/mol. The second-order valence-electron chi connectivity index (χ2n) is 3.69. The molecule has 1 atom stereocenters. The van der Waals surface area contributed by atoms with Crippen LogP contribution >= 0.6 is 0 Å². The lowest BCUT2D eigenvalue weighted by atomic mass is 10.2. The molecule has 0 radical (unpaired) electrons. The minimum Gasteiger partial charge on any atom is -0.396 e. The molecule has 0 saturated heterocycles. The van der Waals surface area contributed by atoms with Crippen molar-refractivity contribution < 1.29 is 9.90 Å².